The van der Waals surface area contributed by atoms with Gasteiger partial charge in [0.25, 0.3) is 5.91 Å². The number of amides is 1. The smallest absolute Gasteiger partial charge is 0.289 e. The largest absolute Gasteiger partial charge is 0.459 e. The van der Waals surface area contributed by atoms with Gasteiger partial charge >= 0.3 is 0 Å². The fourth-order valence-corrected chi connectivity index (χ4v) is 3.90. The summed E-state index contributed by atoms with van der Waals surface area (Å²) in [6.07, 6.45) is 2.43. The SMILES string of the molecule is CC1(C)CN(C(=O)c2occc2CSc2ccccc2)CCC1N.Cl. The van der Waals surface area contributed by atoms with Gasteiger partial charge in [-0.05, 0) is 30.0 Å². The van der Waals surface area contributed by atoms with Gasteiger partial charge in [-0.25, -0.2) is 0 Å². The molecule has 0 spiro atoms. The molecule has 1 aromatic carbocycles. The van der Waals surface area contributed by atoms with Crippen molar-refractivity contribution >= 4 is 30.1 Å². The van der Waals surface area contributed by atoms with Gasteiger partial charge in [-0.2, -0.15) is 0 Å². The minimum Gasteiger partial charge on any atom is -0.459 e. The third-order valence-corrected chi connectivity index (χ3v) is 5.74. The molecule has 136 valence electrons. The molecule has 1 fully saturated rings. The summed E-state index contributed by atoms with van der Waals surface area (Å²) in [5, 5.41) is 0. The minimum atomic E-state index is -0.0700. The molecule has 1 unspecified atom stereocenters. The summed E-state index contributed by atoms with van der Waals surface area (Å²) >= 11 is 1.71. The van der Waals surface area contributed by atoms with Gasteiger partial charge < -0.3 is 15.1 Å². The predicted octanol–water partition coefficient (Wildman–Crippen LogP) is 4.19. The summed E-state index contributed by atoms with van der Waals surface area (Å²) in [6.45, 7) is 5.59. The number of carbonyl (C=O) groups excluding carboxylic acids is 1. The Morgan fingerprint density at radius 3 is 2.72 bits per heavy atom. The second kappa shape index (κ2) is 8.30. The number of nitrogens with two attached hydrogens (primary N) is 1. The van der Waals surface area contributed by atoms with Crippen molar-refractivity contribution in [1.82, 2.24) is 4.90 Å². The number of piperidine rings is 1. The molecule has 4 nitrogen and oxygen atoms in total. The van der Waals surface area contributed by atoms with Gasteiger partial charge in [-0.1, -0.05) is 32.0 Å². The molecule has 1 aliphatic heterocycles. The number of likely N-dealkylation sites (tertiary alicyclic amines) is 1. The first-order valence-corrected chi connectivity index (χ1v) is 9.25. The number of thioether (sulfide) groups is 1. The highest BCUT2D eigenvalue weighted by molar-refractivity contribution is 7.98. The topological polar surface area (TPSA) is 59.5 Å². The van der Waals surface area contributed by atoms with Crippen molar-refractivity contribution in [1.29, 1.82) is 0 Å². The minimum absolute atomic E-state index is 0. The number of halogens is 1. The average Bonchev–Trinajstić information content (AvgIpc) is 3.04. The maximum absolute atomic E-state index is 12.9. The highest BCUT2D eigenvalue weighted by Crippen LogP contribution is 2.30. The van der Waals surface area contributed by atoms with Crippen LogP contribution in [0, 0.1) is 5.41 Å². The monoisotopic (exact) mass is 380 g/mol. The van der Waals surface area contributed by atoms with Crippen molar-refractivity contribution in [2.75, 3.05) is 13.1 Å². The Balaban J connectivity index is 0.00000225. The number of hydrogen-bond donors (Lipinski definition) is 1. The van der Waals surface area contributed by atoms with Gasteiger partial charge in [0.1, 0.15) is 0 Å². The van der Waals surface area contributed by atoms with E-state index < -0.39 is 0 Å². The molecule has 0 bridgehead atoms. The molecule has 2 N–H and O–H groups in total. The first-order valence-electron chi connectivity index (χ1n) is 8.26. The lowest BCUT2D eigenvalue weighted by Crippen LogP contribution is -2.54. The molecule has 1 aliphatic rings. The molecule has 1 saturated heterocycles. The van der Waals surface area contributed by atoms with E-state index in [1.807, 2.05) is 29.2 Å². The summed E-state index contributed by atoms with van der Waals surface area (Å²) in [4.78, 5) is 15.9. The second-order valence-corrected chi connectivity index (χ2v) is 8.04. The van der Waals surface area contributed by atoms with Crippen LogP contribution in [0.25, 0.3) is 0 Å². The zero-order valence-electron chi connectivity index (χ0n) is 14.6. The van der Waals surface area contributed by atoms with Gasteiger partial charge in [-0.3, -0.25) is 4.79 Å². The quantitative estimate of drug-likeness (QED) is 0.808. The summed E-state index contributed by atoms with van der Waals surface area (Å²) in [7, 11) is 0. The molecule has 2 heterocycles. The van der Waals surface area contributed by atoms with Gasteiger partial charge in [0.05, 0.1) is 6.26 Å². The molecule has 2 aromatic rings. The third-order valence-electron chi connectivity index (χ3n) is 4.68. The highest BCUT2D eigenvalue weighted by atomic mass is 35.5. The van der Waals surface area contributed by atoms with Crippen LogP contribution in [-0.2, 0) is 5.75 Å². The van der Waals surface area contributed by atoms with Gasteiger partial charge in [0, 0.05) is 35.3 Å². The van der Waals surface area contributed by atoms with Crippen LogP contribution in [0.5, 0.6) is 0 Å². The van der Waals surface area contributed by atoms with Crippen molar-refractivity contribution in [2.45, 2.75) is 37.0 Å². The van der Waals surface area contributed by atoms with Gasteiger partial charge in [0.2, 0.25) is 0 Å². The van der Waals surface area contributed by atoms with Crippen LogP contribution >= 0.6 is 24.2 Å². The highest BCUT2D eigenvalue weighted by Gasteiger charge is 2.36. The van der Waals surface area contributed by atoms with Crippen LogP contribution in [0.4, 0.5) is 0 Å². The molecule has 1 atom stereocenters. The van der Waals surface area contributed by atoms with E-state index in [2.05, 4.69) is 26.0 Å². The number of rotatable bonds is 4. The van der Waals surface area contributed by atoms with Gasteiger partial charge in [-0.15, -0.1) is 24.2 Å². The van der Waals surface area contributed by atoms with Crippen LogP contribution in [0.3, 0.4) is 0 Å². The molecule has 1 amide bonds. The lowest BCUT2D eigenvalue weighted by Gasteiger charge is -2.42. The maximum Gasteiger partial charge on any atom is 0.289 e. The predicted molar refractivity (Wildman–Crippen MR) is 104 cm³/mol. The van der Waals surface area contributed by atoms with Crippen molar-refractivity contribution < 1.29 is 9.21 Å². The van der Waals surface area contributed by atoms with Crippen LogP contribution in [0.15, 0.2) is 52.0 Å². The molecule has 1 aromatic heterocycles. The Morgan fingerprint density at radius 1 is 1.32 bits per heavy atom. The van der Waals surface area contributed by atoms with Crippen LogP contribution in [0.1, 0.15) is 36.4 Å². The zero-order valence-corrected chi connectivity index (χ0v) is 16.2. The summed E-state index contributed by atoms with van der Waals surface area (Å²) in [5.41, 5.74) is 7.05. The molecular formula is C19H25ClN2O2S. The summed E-state index contributed by atoms with van der Waals surface area (Å²) < 4.78 is 5.53. The fraction of sp³-hybridized carbons (Fsp3) is 0.421. The van der Waals surface area contributed by atoms with Crippen molar-refractivity contribution in [2.24, 2.45) is 11.1 Å². The fourth-order valence-electron chi connectivity index (χ4n) is 3.01. The van der Waals surface area contributed by atoms with E-state index in [0.29, 0.717) is 18.8 Å². The molecule has 3 rings (SSSR count). The van der Waals surface area contributed by atoms with Crippen LogP contribution < -0.4 is 5.73 Å². The third kappa shape index (κ3) is 4.60. The number of hydrogen-bond acceptors (Lipinski definition) is 4. The van der Waals surface area contributed by atoms with E-state index in [0.717, 1.165) is 17.7 Å². The van der Waals surface area contributed by atoms with Crippen LogP contribution in [0.2, 0.25) is 0 Å². The van der Waals surface area contributed by atoms with E-state index in [9.17, 15) is 4.79 Å². The maximum atomic E-state index is 12.9. The molecule has 0 saturated carbocycles. The lowest BCUT2D eigenvalue weighted by molar-refractivity contribution is 0.0502. The van der Waals surface area contributed by atoms with E-state index in [1.165, 1.54) is 4.90 Å². The molecule has 6 heteroatoms. The Bertz CT molecular complexity index is 702. The van der Waals surface area contributed by atoms with E-state index >= 15 is 0 Å². The summed E-state index contributed by atoms with van der Waals surface area (Å²) in [6, 6.07) is 12.2. The molecule has 0 aliphatic carbocycles. The zero-order chi connectivity index (χ0) is 17.2. The number of benzene rings is 1. The van der Waals surface area contributed by atoms with E-state index in [4.69, 9.17) is 10.2 Å². The first kappa shape index (κ1) is 19.9. The Labute approximate surface area is 159 Å². The number of nitrogens with zero attached hydrogens (tertiary/aromatic N) is 1. The number of carbonyl (C=O) groups is 1. The second-order valence-electron chi connectivity index (χ2n) is 6.99. The van der Waals surface area contributed by atoms with Crippen LogP contribution in [-0.4, -0.2) is 29.9 Å². The standard InChI is InChI=1S/C19H24N2O2S.ClH/c1-19(2)13-21(10-8-16(19)20)18(22)17-14(9-11-23-17)12-24-15-6-4-3-5-7-15;/h3-7,9,11,16H,8,10,12-13,20H2,1-2H3;1H. The molecular weight excluding hydrogens is 356 g/mol. The van der Waals surface area contributed by atoms with E-state index in [1.54, 1.807) is 18.0 Å². The lowest BCUT2D eigenvalue weighted by atomic mass is 9.79. The number of furan rings is 1. The van der Waals surface area contributed by atoms with E-state index in [-0.39, 0.29) is 29.8 Å². The van der Waals surface area contributed by atoms with Gasteiger partial charge in [0.15, 0.2) is 5.76 Å². The Morgan fingerprint density at radius 2 is 2.04 bits per heavy atom. The Hall–Kier alpha value is -1.43. The summed E-state index contributed by atoms with van der Waals surface area (Å²) in [5.74, 6) is 1.16. The van der Waals surface area contributed by atoms with Crippen molar-refractivity contribution in [3.63, 3.8) is 0 Å². The Kier molecular flexibility index (Phi) is 6.60. The first-order chi connectivity index (χ1) is 11.5. The molecule has 25 heavy (non-hydrogen) atoms. The normalized spacial score (nSPS) is 19.3. The average molecular weight is 381 g/mol. The van der Waals surface area contributed by atoms with Crippen molar-refractivity contribution in [3.8, 4) is 0 Å². The van der Waals surface area contributed by atoms with Crippen molar-refractivity contribution in [3.05, 3.63) is 54.0 Å². The molecule has 0 radical (unpaired) electrons.